The molecule has 0 atom stereocenters. The van der Waals surface area contributed by atoms with E-state index in [1.807, 2.05) is 0 Å². The fraction of sp³-hybridized carbons (Fsp3) is 0.833. The maximum Gasteiger partial charge on any atom is 0.251 e. The van der Waals surface area contributed by atoms with E-state index in [0.717, 1.165) is 13.1 Å². The molecule has 1 saturated heterocycles. The number of rotatable bonds is 2. The number of hydrogen-bond donors (Lipinski definition) is 1. The Labute approximate surface area is 60.1 Å². The van der Waals surface area contributed by atoms with Crippen LogP contribution in [0.25, 0.3) is 0 Å². The monoisotopic (exact) mass is 144 g/mol. The van der Waals surface area contributed by atoms with Crippen molar-refractivity contribution in [3.8, 4) is 0 Å². The predicted octanol–water partition coefficient (Wildman–Crippen LogP) is -0.774. The molecule has 1 aliphatic heterocycles. The molecule has 0 unspecified atom stereocenters. The van der Waals surface area contributed by atoms with Gasteiger partial charge in [-0.3, -0.25) is 9.63 Å². The van der Waals surface area contributed by atoms with Crippen molar-refractivity contribution < 1.29 is 9.63 Å². The van der Waals surface area contributed by atoms with Gasteiger partial charge in [0.05, 0.1) is 13.0 Å². The lowest BCUT2D eigenvalue weighted by Crippen LogP contribution is -2.50. The van der Waals surface area contributed by atoms with Crippen molar-refractivity contribution in [1.82, 2.24) is 10.4 Å². The molecule has 1 N–H and O–H groups in total. The number of hydrogen-bond acceptors (Lipinski definition) is 3. The van der Waals surface area contributed by atoms with Crippen LogP contribution in [-0.2, 0) is 9.63 Å². The largest absolute Gasteiger partial charge is 0.315 e. The summed E-state index contributed by atoms with van der Waals surface area (Å²) in [6.07, 6.45) is 0. The van der Waals surface area contributed by atoms with Crippen LogP contribution in [0.5, 0.6) is 0 Å². The Balaban J connectivity index is 2.32. The zero-order chi connectivity index (χ0) is 7.56. The molecular weight excluding hydrogens is 132 g/mol. The Bertz CT molecular complexity index is 127. The van der Waals surface area contributed by atoms with Crippen LogP contribution in [-0.4, -0.2) is 38.2 Å². The number of nitrogens with zero attached hydrogens (tertiary/aromatic N) is 1. The van der Waals surface area contributed by atoms with E-state index >= 15 is 0 Å². The van der Waals surface area contributed by atoms with Crippen LogP contribution >= 0.6 is 0 Å². The summed E-state index contributed by atoms with van der Waals surface area (Å²) in [5, 5.41) is 4.29. The summed E-state index contributed by atoms with van der Waals surface area (Å²) in [5.41, 5.74) is 0. The summed E-state index contributed by atoms with van der Waals surface area (Å²) in [6, 6.07) is 0. The van der Waals surface area contributed by atoms with Crippen molar-refractivity contribution in [2.75, 3.05) is 27.2 Å². The molecule has 1 fully saturated rings. The Morgan fingerprint density at radius 3 is 2.60 bits per heavy atom. The highest BCUT2D eigenvalue weighted by atomic mass is 16.7. The summed E-state index contributed by atoms with van der Waals surface area (Å²) >= 11 is 0. The molecule has 10 heavy (non-hydrogen) atoms. The normalized spacial score (nSPS) is 18.2. The molecule has 0 aliphatic carbocycles. The predicted molar refractivity (Wildman–Crippen MR) is 36.1 cm³/mol. The first-order chi connectivity index (χ1) is 4.75. The van der Waals surface area contributed by atoms with Gasteiger partial charge in [-0.2, -0.15) is 0 Å². The third-order valence-electron chi connectivity index (χ3n) is 1.71. The lowest BCUT2D eigenvalue weighted by molar-refractivity contribution is -0.174. The summed E-state index contributed by atoms with van der Waals surface area (Å²) < 4.78 is 0. The number of amides is 1. The molecule has 1 rings (SSSR count). The summed E-state index contributed by atoms with van der Waals surface area (Å²) in [6.45, 7) is 1.57. The van der Waals surface area contributed by atoms with E-state index in [9.17, 15) is 4.79 Å². The molecule has 4 nitrogen and oxygen atoms in total. The first-order valence-corrected chi connectivity index (χ1v) is 3.28. The average molecular weight is 144 g/mol. The van der Waals surface area contributed by atoms with E-state index in [0.29, 0.717) is 0 Å². The zero-order valence-electron chi connectivity index (χ0n) is 6.26. The van der Waals surface area contributed by atoms with E-state index in [1.54, 1.807) is 7.05 Å². The SMILES string of the molecule is CON(C)C(=O)C1CNC1. The molecule has 0 aromatic carbocycles. The van der Waals surface area contributed by atoms with Crippen LogP contribution in [0.2, 0.25) is 0 Å². The molecule has 1 heterocycles. The van der Waals surface area contributed by atoms with Crippen molar-refractivity contribution >= 4 is 5.91 Å². The summed E-state index contributed by atoms with van der Waals surface area (Å²) in [4.78, 5) is 15.8. The fourth-order valence-electron chi connectivity index (χ4n) is 0.810. The third kappa shape index (κ3) is 1.27. The van der Waals surface area contributed by atoms with E-state index in [4.69, 9.17) is 4.84 Å². The maximum absolute atomic E-state index is 11.1. The van der Waals surface area contributed by atoms with Gasteiger partial charge in [0.25, 0.3) is 5.91 Å². The first-order valence-electron chi connectivity index (χ1n) is 3.28. The number of nitrogens with one attached hydrogen (secondary N) is 1. The maximum atomic E-state index is 11.1. The van der Waals surface area contributed by atoms with Crippen LogP contribution < -0.4 is 5.32 Å². The Hall–Kier alpha value is -0.610. The molecule has 0 aromatic rings. The van der Waals surface area contributed by atoms with Crippen LogP contribution in [0.15, 0.2) is 0 Å². The van der Waals surface area contributed by atoms with Crippen molar-refractivity contribution in [2.24, 2.45) is 5.92 Å². The van der Waals surface area contributed by atoms with Crippen molar-refractivity contribution in [2.45, 2.75) is 0 Å². The fourth-order valence-corrected chi connectivity index (χ4v) is 0.810. The molecule has 0 bridgehead atoms. The molecule has 4 heteroatoms. The topological polar surface area (TPSA) is 41.6 Å². The second kappa shape index (κ2) is 2.98. The molecule has 0 aromatic heterocycles. The second-order valence-corrected chi connectivity index (χ2v) is 2.37. The van der Waals surface area contributed by atoms with Crippen molar-refractivity contribution in [1.29, 1.82) is 0 Å². The van der Waals surface area contributed by atoms with E-state index in [-0.39, 0.29) is 11.8 Å². The van der Waals surface area contributed by atoms with Crippen molar-refractivity contribution in [3.63, 3.8) is 0 Å². The van der Waals surface area contributed by atoms with Crippen LogP contribution in [0.1, 0.15) is 0 Å². The van der Waals surface area contributed by atoms with Crippen molar-refractivity contribution in [3.05, 3.63) is 0 Å². The number of carbonyl (C=O) groups is 1. The lowest BCUT2D eigenvalue weighted by Gasteiger charge is -2.28. The molecule has 1 aliphatic rings. The quantitative estimate of drug-likeness (QED) is 0.517. The molecule has 0 radical (unpaired) electrons. The number of carbonyl (C=O) groups excluding carboxylic acids is 1. The van der Waals surface area contributed by atoms with Gasteiger partial charge < -0.3 is 5.32 Å². The minimum atomic E-state index is 0.0567. The van der Waals surface area contributed by atoms with Gasteiger partial charge in [-0.05, 0) is 0 Å². The molecule has 1 amide bonds. The lowest BCUT2D eigenvalue weighted by atomic mass is 10.0. The smallest absolute Gasteiger partial charge is 0.251 e. The van der Waals surface area contributed by atoms with Gasteiger partial charge in [0, 0.05) is 20.1 Å². The van der Waals surface area contributed by atoms with Gasteiger partial charge in [0.2, 0.25) is 0 Å². The highest BCUT2D eigenvalue weighted by molar-refractivity contribution is 5.78. The Morgan fingerprint density at radius 2 is 2.30 bits per heavy atom. The van der Waals surface area contributed by atoms with Crippen LogP contribution in [0.4, 0.5) is 0 Å². The minimum Gasteiger partial charge on any atom is -0.315 e. The number of hydroxylamine groups is 2. The van der Waals surface area contributed by atoms with Gasteiger partial charge in [0.1, 0.15) is 0 Å². The molecule has 0 spiro atoms. The zero-order valence-corrected chi connectivity index (χ0v) is 6.26. The summed E-state index contributed by atoms with van der Waals surface area (Å²) in [5.74, 6) is 0.186. The Morgan fingerprint density at radius 1 is 1.70 bits per heavy atom. The minimum absolute atomic E-state index is 0.0567. The van der Waals surface area contributed by atoms with Gasteiger partial charge >= 0.3 is 0 Å². The second-order valence-electron chi connectivity index (χ2n) is 2.37. The van der Waals surface area contributed by atoms with E-state index < -0.39 is 0 Å². The standard InChI is InChI=1S/C6H12N2O2/c1-8(10-2)6(9)5-3-7-4-5/h5,7H,3-4H2,1-2H3. The summed E-state index contributed by atoms with van der Waals surface area (Å²) in [7, 11) is 3.12. The highest BCUT2D eigenvalue weighted by Gasteiger charge is 2.27. The van der Waals surface area contributed by atoms with Gasteiger partial charge in [-0.1, -0.05) is 0 Å². The van der Waals surface area contributed by atoms with Crippen LogP contribution in [0.3, 0.4) is 0 Å². The van der Waals surface area contributed by atoms with E-state index in [1.165, 1.54) is 12.2 Å². The molecule has 58 valence electrons. The average Bonchev–Trinajstić information content (AvgIpc) is 1.82. The first kappa shape index (κ1) is 7.50. The Kier molecular flexibility index (Phi) is 2.24. The van der Waals surface area contributed by atoms with Gasteiger partial charge in [-0.15, -0.1) is 0 Å². The molecular formula is C6H12N2O2. The highest BCUT2D eigenvalue weighted by Crippen LogP contribution is 2.05. The van der Waals surface area contributed by atoms with Gasteiger partial charge in [0.15, 0.2) is 0 Å². The molecule has 0 saturated carbocycles. The van der Waals surface area contributed by atoms with Crippen LogP contribution in [0, 0.1) is 5.92 Å². The third-order valence-corrected chi connectivity index (χ3v) is 1.71. The van der Waals surface area contributed by atoms with E-state index in [2.05, 4.69) is 5.32 Å². The van der Waals surface area contributed by atoms with Gasteiger partial charge in [-0.25, -0.2) is 5.06 Å².